The summed E-state index contributed by atoms with van der Waals surface area (Å²) in [5.74, 6) is -0.955. The molecule has 1 aliphatic carbocycles. The molecule has 1 aromatic rings. The molecule has 0 saturated heterocycles. The molecule has 7 heteroatoms. The van der Waals surface area contributed by atoms with Crippen molar-refractivity contribution in [2.45, 2.75) is 57.5 Å². The summed E-state index contributed by atoms with van der Waals surface area (Å²) in [5, 5.41) is 18.9. The summed E-state index contributed by atoms with van der Waals surface area (Å²) in [7, 11) is 0. The number of carboxylic acids is 1. The van der Waals surface area contributed by atoms with Gasteiger partial charge in [-0.15, -0.1) is 0 Å². The molecule has 0 spiro atoms. The van der Waals surface area contributed by atoms with Crippen LogP contribution in [0.5, 0.6) is 0 Å². The van der Waals surface area contributed by atoms with Crippen molar-refractivity contribution >= 4 is 17.7 Å². The van der Waals surface area contributed by atoms with Gasteiger partial charge in [0.1, 0.15) is 5.54 Å². The Hall–Kier alpha value is -2.05. The first-order chi connectivity index (χ1) is 10.1. The Kier molecular flexibility index (Phi) is 4.82. The van der Waals surface area contributed by atoms with Gasteiger partial charge in [0.05, 0.1) is 11.9 Å². The van der Waals surface area contributed by atoms with Crippen LogP contribution < -0.4 is 10.6 Å². The third-order valence-corrected chi connectivity index (χ3v) is 3.93. The average Bonchev–Trinajstić information content (AvgIpc) is 2.75. The van der Waals surface area contributed by atoms with E-state index in [-0.39, 0.29) is 0 Å². The van der Waals surface area contributed by atoms with Gasteiger partial charge in [-0.05, 0) is 19.8 Å². The molecule has 0 unspecified atom stereocenters. The van der Waals surface area contributed by atoms with Gasteiger partial charge in [0.2, 0.25) is 0 Å². The van der Waals surface area contributed by atoms with Crippen molar-refractivity contribution in [3.8, 4) is 0 Å². The second-order valence-electron chi connectivity index (χ2n) is 5.47. The highest BCUT2D eigenvalue weighted by Crippen LogP contribution is 2.27. The van der Waals surface area contributed by atoms with E-state index in [1.165, 1.54) is 0 Å². The lowest BCUT2D eigenvalue weighted by molar-refractivity contribution is -0.145. The highest BCUT2D eigenvalue weighted by molar-refractivity contribution is 5.93. The normalized spacial score (nSPS) is 17.8. The number of aryl methyl sites for hydroxylation is 1. The molecule has 1 fully saturated rings. The molecule has 7 nitrogen and oxygen atoms in total. The topological polar surface area (TPSA) is 96.2 Å². The smallest absolute Gasteiger partial charge is 0.329 e. The summed E-state index contributed by atoms with van der Waals surface area (Å²) in [6.07, 6.45) is 7.88. The van der Waals surface area contributed by atoms with Gasteiger partial charge in [0, 0.05) is 12.7 Å². The molecule has 2 rings (SSSR count). The number of nitrogens with one attached hydrogen (secondary N) is 2. The van der Waals surface area contributed by atoms with Gasteiger partial charge in [0.15, 0.2) is 0 Å². The lowest BCUT2D eigenvalue weighted by atomic mass is 9.90. The number of carboxylic acid groups (broad SMARTS) is 1. The summed E-state index contributed by atoms with van der Waals surface area (Å²) in [6.45, 7) is 2.66. The third kappa shape index (κ3) is 3.74. The van der Waals surface area contributed by atoms with Crippen LogP contribution in [0.1, 0.15) is 45.4 Å². The quantitative estimate of drug-likeness (QED) is 0.742. The molecule has 0 bridgehead atoms. The zero-order valence-corrected chi connectivity index (χ0v) is 12.3. The summed E-state index contributed by atoms with van der Waals surface area (Å²) >= 11 is 0. The van der Waals surface area contributed by atoms with E-state index >= 15 is 0 Å². The molecule has 21 heavy (non-hydrogen) atoms. The fourth-order valence-corrected chi connectivity index (χ4v) is 2.71. The van der Waals surface area contributed by atoms with Crippen LogP contribution >= 0.6 is 0 Å². The monoisotopic (exact) mass is 294 g/mol. The summed E-state index contributed by atoms with van der Waals surface area (Å²) in [6, 6.07) is -0.491. The molecule has 2 amide bonds. The highest BCUT2D eigenvalue weighted by atomic mass is 16.4. The van der Waals surface area contributed by atoms with Gasteiger partial charge in [-0.3, -0.25) is 4.68 Å². The van der Waals surface area contributed by atoms with Crippen molar-refractivity contribution in [3.63, 3.8) is 0 Å². The van der Waals surface area contributed by atoms with Crippen LogP contribution in [0.3, 0.4) is 0 Å². The van der Waals surface area contributed by atoms with Gasteiger partial charge >= 0.3 is 12.0 Å². The second kappa shape index (κ2) is 6.60. The minimum absolute atomic E-state index is 0.476. The van der Waals surface area contributed by atoms with E-state index in [9.17, 15) is 14.7 Å². The molecule has 116 valence electrons. The number of carbonyl (C=O) groups is 2. The molecule has 1 saturated carbocycles. The van der Waals surface area contributed by atoms with Crippen LogP contribution in [0.25, 0.3) is 0 Å². The molecule has 0 aliphatic heterocycles. The molecule has 0 atom stereocenters. The van der Waals surface area contributed by atoms with Crippen LogP contribution in [-0.4, -0.2) is 32.4 Å². The van der Waals surface area contributed by atoms with Crippen LogP contribution in [-0.2, 0) is 11.3 Å². The summed E-state index contributed by atoms with van der Waals surface area (Å²) in [4.78, 5) is 23.7. The maximum Gasteiger partial charge on any atom is 0.329 e. The standard InChI is InChI=1S/C14H22N4O3/c1-2-18-10-11(9-15-18)16-13(21)17-14(12(19)20)7-5-3-4-6-8-14/h9-10H,2-8H2,1H3,(H,19,20)(H2,16,17,21). The van der Waals surface area contributed by atoms with E-state index in [2.05, 4.69) is 15.7 Å². The minimum Gasteiger partial charge on any atom is -0.480 e. The number of nitrogens with zero attached hydrogens (tertiary/aromatic N) is 2. The number of aromatic nitrogens is 2. The Morgan fingerprint density at radius 2 is 2.00 bits per heavy atom. The van der Waals surface area contributed by atoms with Crippen LogP contribution in [0.4, 0.5) is 10.5 Å². The Labute approximate surface area is 123 Å². The van der Waals surface area contributed by atoms with Gasteiger partial charge in [-0.25, -0.2) is 9.59 Å². The first-order valence-electron chi connectivity index (χ1n) is 7.41. The Bertz CT molecular complexity index is 504. The van der Waals surface area contributed by atoms with E-state index in [1.807, 2.05) is 6.92 Å². The third-order valence-electron chi connectivity index (χ3n) is 3.93. The maximum absolute atomic E-state index is 12.1. The molecular formula is C14H22N4O3. The highest BCUT2D eigenvalue weighted by Gasteiger charge is 2.40. The van der Waals surface area contributed by atoms with E-state index in [1.54, 1.807) is 17.1 Å². The number of hydrogen-bond donors (Lipinski definition) is 3. The molecule has 0 radical (unpaired) electrons. The predicted octanol–water partition coefficient (Wildman–Crippen LogP) is 2.20. The van der Waals surface area contributed by atoms with Gasteiger partial charge in [-0.1, -0.05) is 25.7 Å². The fraction of sp³-hybridized carbons (Fsp3) is 0.643. The van der Waals surface area contributed by atoms with Crippen molar-refractivity contribution in [3.05, 3.63) is 12.4 Å². The number of anilines is 1. The summed E-state index contributed by atoms with van der Waals surface area (Å²) < 4.78 is 1.69. The molecule has 1 heterocycles. The van der Waals surface area contributed by atoms with Crippen LogP contribution in [0.15, 0.2) is 12.4 Å². The van der Waals surface area contributed by atoms with Crippen molar-refractivity contribution in [2.24, 2.45) is 0 Å². The minimum atomic E-state index is -1.15. The Balaban J connectivity index is 2.02. The number of hydrogen-bond acceptors (Lipinski definition) is 3. The Morgan fingerprint density at radius 1 is 1.33 bits per heavy atom. The zero-order chi connectivity index (χ0) is 15.3. The van der Waals surface area contributed by atoms with Crippen molar-refractivity contribution in [2.75, 3.05) is 5.32 Å². The number of amides is 2. The number of aliphatic carboxylic acids is 1. The maximum atomic E-state index is 12.1. The average molecular weight is 294 g/mol. The molecule has 3 N–H and O–H groups in total. The van der Waals surface area contributed by atoms with E-state index in [0.717, 1.165) is 25.7 Å². The lowest BCUT2D eigenvalue weighted by Gasteiger charge is -2.29. The SMILES string of the molecule is CCn1cc(NC(=O)NC2(C(=O)O)CCCCCC2)cn1. The number of carbonyl (C=O) groups excluding carboxylic acids is 1. The zero-order valence-electron chi connectivity index (χ0n) is 12.3. The fourth-order valence-electron chi connectivity index (χ4n) is 2.71. The lowest BCUT2D eigenvalue weighted by Crippen LogP contribution is -2.55. The molecule has 1 aliphatic rings. The largest absolute Gasteiger partial charge is 0.480 e. The van der Waals surface area contributed by atoms with Gasteiger partial charge in [0.25, 0.3) is 0 Å². The number of rotatable bonds is 4. The van der Waals surface area contributed by atoms with Crippen LogP contribution in [0, 0.1) is 0 Å². The first-order valence-corrected chi connectivity index (χ1v) is 7.41. The number of urea groups is 1. The van der Waals surface area contributed by atoms with E-state index < -0.39 is 17.5 Å². The van der Waals surface area contributed by atoms with Crippen LogP contribution in [0.2, 0.25) is 0 Å². The molecular weight excluding hydrogens is 272 g/mol. The summed E-state index contributed by atoms with van der Waals surface area (Å²) in [5.41, 5.74) is -0.593. The van der Waals surface area contributed by atoms with Crippen molar-refractivity contribution in [1.29, 1.82) is 0 Å². The van der Waals surface area contributed by atoms with Crippen molar-refractivity contribution in [1.82, 2.24) is 15.1 Å². The second-order valence-corrected chi connectivity index (χ2v) is 5.47. The van der Waals surface area contributed by atoms with E-state index in [4.69, 9.17) is 0 Å². The predicted molar refractivity (Wildman–Crippen MR) is 78.1 cm³/mol. The molecule has 1 aromatic heterocycles. The molecule has 0 aromatic carbocycles. The Morgan fingerprint density at radius 3 is 2.52 bits per heavy atom. The van der Waals surface area contributed by atoms with Gasteiger partial charge in [-0.2, -0.15) is 5.10 Å². The van der Waals surface area contributed by atoms with E-state index in [0.29, 0.717) is 25.1 Å². The first kappa shape index (κ1) is 15.3. The van der Waals surface area contributed by atoms with Gasteiger partial charge < -0.3 is 15.7 Å². The van der Waals surface area contributed by atoms with Crippen molar-refractivity contribution < 1.29 is 14.7 Å².